The largest absolute Gasteiger partial charge is 0.359 e. The van der Waals surface area contributed by atoms with Gasteiger partial charge in [0.05, 0.1) is 0 Å². The zero-order chi connectivity index (χ0) is 17.8. The summed E-state index contributed by atoms with van der Waals surface area (Å²) < 4.78 is 0. The Morgan fingerprint density at radius 1 is 1.20 bits per heavy atom. The number of nitrogens with zero attached hydrogens (tertiary/aromatic N) is 3. The summed E-state index contributed by atoms with van der Waals surface area (Å²) in [6.45, 7) is 10.8. The Hall–Kier alpha value is -0.570. The third kappa shape index (κ3) is 9.63. The van der Waals surface area contributed by atoms with E-state index in [1.807, 2.05) is 7.05 Å². The molecular formula is C18H38IN5O. The predicted octanol–water partition coefficient (Wildman–Crippen LogP) is 2.15. The minimum absolute atomic E-state index is 0. The van der Waals surface area contributed by atoms with Crippen molar-refractivity contribution in [2.75, 3.05) is 53.4 Å². The molecule has 0 saturated carbocycles. The number of nitrogens with one attached hydrogen (secondary N) is 2. The van der Waals surface area contributed by atoms with E-state index in [4.69, 9.17) is 0 Å². The van der Waals surface area contributed by atoms with Crippen LogP contribution in [-0.2, 0) is 4.79 Å². The second-order valence-electron chi connectivity index (χ2n) is 6.52. The van der Waals surface area contributed by atoms with Crippen LogP contribution < -0.4 is 10.6 Å². The van der Waals surface area contributed by atoms with Gasteiger partial charge in [0.15, 0.2) is 5.96 Å². The van der Waals surface area contributed by atoms with Crippen molar-refractivity contribution in [1.29, 1.82) is 0 Å². The zero-order valence-corrected chi connectivity index (χ0v) is 18.8. The molecule has 0 spiro atoms. The lowest BCUT2D eigenvalue weighted by molar-refractivity contribution is -0.121. The highest BCUT2D eigenvalue weighted by Crippen LogP contribution is 2.20. The van der Waals surface area contributed by atoms with E-state index in [9.17, 15) is 4.79 Å². The van der Waals surface area contributed by atoms with Crippen molar-refractivity contribution in [2.45, 2.75) is 46.0 Å². The molecule has 2 N–H and O–H groups in total. The van der Waals surface area contributed by atoms with Gasteiger partial charge in [0.25, 0.3) is 0 Å². The van der Waals surface area contributed by atoms with Crippen molar-refractivity contribution in [1.82, 2.24) is 20.4 Å². The zero-order valence-electron chi connectivity index (χ0n) is 16.5. The quantitative estimate of drug-likeness (QED) is 0.236. The summed E-state index contributed by atoms with van der Waals surface area (Å²) in [6, 6.07) is 0. The van der Waals surface area contributed by atoms with Crippen molar-refractivity contribution >= 4 is 35.8 Å². The number of amides is 1. The van der Waals surface area contributed by atoms with Gasteiger partial charge in [-0.05, 0) is 51.2 Å². The molecule has 0 unspecified atom stereocenters. The van der Waals surface area contributed by atoms with Gasteiger partial charge in [-0.15, -0.1) is 24.0 Å². The molecule has 1 aliphatic rings. The van der Waals surface area contributed by atoms with Gasteiger partial charge in [-0.2, -0.15) is 0 Å². The molecule has 0 radical (unpaired) electrons. The smallest absolute Gasteiger partial charge is 0.220 e. The molecule has 1 aliphatic heterocycles. The number of guanidine groups is 1. The fourth-order valence-corrected chi connectivity index (χ4v) is 3.25. The van der Waals surface area contributed by atoms with Gasteiger partial charge in [0.2, 0.25) is 5.91 Å². The van der Waals surface area contributed by atoms with Gasteiger partial charge < -0.3 is 20.4 Å². The summed E-state index contributed by atoms with van der Waals surface area (Å²) in [5, 5.41) is 6.22. The molecular weight excluding hydrogens is 429 g/mol. The van der Waals surface area contributed by atoms with Gasteiger partial charge in [-0.25, -0.2) is 0 Å². The molecule has 148 valence electrons. The SMILES string of the molecule is CCN(CC)CCCCNC(=NC)N1CCC(CC(=O)NC)CC1.I. The summed E-state index contributed by atoms with van der Waals surface area (Å²) >= 11 is 0. The monoisotopic (exact) mass is 467 g/mol. The molecule has 0 aromatic rings. The van der Waals surface area contributed by atoms with Crippen molar-refractivity contribution in [3.05, 3.63) is 0 Å². The first kappa shape index (κ1) is 24.4. The first-order chi connectivity index (χ1) is 11.6. The number of carbonyl (C=O) groups excluding carboxylic acids is 1. The number of carbonyl (C=O) groups is 1. The summed E-state index contributed by atoms with van der Waals surface area (Å²) in [5.41, 5.74) is 0. The van der Waals surface area contributed by atoms with E-state index in [1.54, 1.807) is 7.05 Å². The Balaban J connectivity index is 0.00000576. The van der Waals surface area contributed by atoms with Crippen molar-refractivity contribution < 1.29 is 4.79 Å². The Morgan fingerprint density at radius 3 is 2.36 bits per heavy atom. The van der Waals surface area contributed by atoms with Crippen molar-refractivity contribution in [3.63, 3.8) is 0 Å². The van der Waals surface area contributed by atoms with E-state index < -0.39 is 0 Å². The van der Waals surface area contributed by atoms with E-state index >= 15 is 0 Å². The molecule has 1 fully saturated rings. The molecule has 0 atom stereocenters. The van der Waals surface area contributed by atoms with Crippen LogP contribution in [0.25, 0.3) is 0 Å². The molecule has 0 aromatic heterocycles. The minimum Gasteiger partial charge on any atom is -0.359 e. The van der Waals surface area contributed by atoms with E-state index in [0.717, 1.165) is 51.5 Å². The fourth-order valence-electron chi connectivity index (χ4n) is 3.25. The van der Waals surface area contributed by atoms with Crippen LogP contribution in [0.3, 0.4) is 0 Å². The average molecular weight is 467 g/mol. The number of unbranched alkanes of at least 4 members (excludes halogenated alkanes) is 1. The van der Waals surface area contributed by atoms with E-state index in [0.29, 0.717) is 12.3 Å². The van der Waals surface area contributed by atoms with Crippen LogP contribution >= 0.6 is 24.0 Å². The van der Waals surface area contributed by atoms with Gasteiger partial charge in [0.1, 0.15) is 0 Å². The van der Waals surface area contributed by atoms with Crippen LogP contribution in [0.2, 0.25) is 0 Å². The maximum absolute atomic E-state index is 11.5. The number of likely N-dealkylation sites (tertiary alicyclic amines) is 1. The lowest BCUT2D eigenvalue weighted by Crippen LogP contribution is -2.46. The predicted molar refractivity (Wildman–Crippen MR) is 117 cm³/mol. The number of aliphatic imine (C=N–C) groups is 1. The highest BCUT2D eigenvalue weighted by molar-refractivity contribution is 14.0. The van der Waals surface area contributed by atoms with Crippen LogP contribution in [0.15, 0.2) is 4.99 Å². The molecule has 1 saturated heterocycles. The summed E-state index contributed by atoms with van der Waals surface area (Å²) in [7, 11) is 3.57. The Bertz CT molecular complexity index is 380. The minimum atomic E-state index is 0. The molecule has 25 heavy (non-hydrogen) atoms. The fraction of sp³-hybridized carbons (Fsp3) is 0.889. The lowest BCUT2D eigenvalue weighted by Gasteiger charge is -2.34. The third-order valence-electron chi connectivity index (χ3n) is 4.96. The summed E-state index contributed by atoms with van der Waals surface area (Å²) in [6.07, 6.45) is 5.18. The van der Waals surface area contributed by atoms with Crippen LogP contribution in [-0.4, -0.2) is 75.0 Å². The maximum Gasteiger partial charge on any atom is 0.220 e. The molecule has 1 rings (SSSR count). The first-order valence-electron chi connectivity index (χ1n) is 9.53. The van der Waals surface area contributed by atoms with Gasteiger partial charge in [-0.3, -0.25) is 9.79 Å². The van der Waals surface area contributed by atoms with Crippen LogP contribution in [0.1, 0.15) is 46.0 Å². The Labute approximate surface area is 171 Å². The number of rotatable bonds is 9. The second kappa shape index (κ2) is 14.6. The third-order valence-corrected chi connectivity index (χ3v) is 4.96. The number of piperidine rings is 1. The lowest BCUT2D eigenvalue weighted by atomic mass is 9.93. The number of hydrogen-bond acceptors (Lipinski definition) is 3. The molecule has 6 nitrogen and oxygen atoms in total. The van der Waals surface area contributed by atoms with Crippen LogP contribution in [0.5, 0.6) is 0 Å². The second-order valence-corrected chi connectivity index (χ2v) is 6.52. The van der Waals surface area contributed by atoms with Crippen molar-refractivity contribution in [2.24, 2.45) is 10.9 Å². The first-order valence-corrected chi connectivity index (χ1v) is 9.53. The molecule has 0 aromatic carbocycles. The summed E-state index contributed by atoms with van der Waals surface area (Å²) in [5.74, 6) is 1.67. The number of halogens is 1. The molecule has 1 heterocycles. The molecule has 1 amide bonds. The maximum atomic E-state index is 11.5. The number of hydrogen-bond donors (Lipinski definition) is 2. The van der Waals surface area contributed by atoms with E-state index in [1.165, 1.54) is 19.4 Å². The summed E-state index contributed by atoms with van der Waals surface area (Å²) in [4.78, 5) is 20.7. The van der Waals surface area contributed by atoms with Crippen molar-refractivity contribution in [3.8, 4) is 0 Å². The average Bonchev–Trinajstić information content (AvgIpc) is 2.62. The molecule has 7 heteroatoms. The van der Waals surface area contributed by atoms with E-state index in [-0.39, 0.29) is 29.9 Å². The highest BCUT2D eigenvalue weighted by Gasteiger charge is 2.22. The van der Waals surface area contributed by atoms with Crippen LogP contribution in [0, 0.1) is 5.92 Å². The van der Waals surface area contributed by atoms with Gasteiger partial charge >= 0.3 is 0 Å². The highest BCUT2D eigenvalue weighted by atomic mass is 127. The van der Waals surface area contributed by atoms with Crippen LogP contribution in [0.4, 0.5) is 0 Å². The normalized spacial score (nSPS) is 15.9. The van der Waals surface area contributed by atoms with Gasteiger partial charge in [0, 0.05) is 40.2 Å². The Morgan fingerprint density at radius 2 is 1.84 bits per heavy atom. The molecule has 0 bridgehead atoms. The van der Waals surface area contributed by atoms with Gasteiger partial charge in [-0.1, -0.05) is 13.8 Å². The van der Waals surface area contributed by atoms with E-state index in [2.05, 4.69) is 39.3 Å². The molecule has 0 aliphatic carbocycles. The topological polar surface area (TPSA) is 60.0 Å². The standard InChI is InChI=1S/C18H37N5O.HI/c1-5-22(6-2)12-8-7-11-21-18(20-4)23-13-9-16(10-14-23)15-17(24)19-3;/h16H,5-15H2,1-4H3,(H,19,24)(H,20,21);1H. The Kier molecular flexibility index (Phi) is 14.3.